The van der Waals surface area contributed by atoms with Crippen molar-refractivity contribution in [2.75, 3.05) is 0 Å². The number of Topliss-reactive ketones (excluding diaryl/α,β-unsaturated/α-hetero) is 2. The third kappa shape index (κ3) is 0.872. The Kier molecular flexibility index (Phi) is 1.63. The van der Waals surface area contributed by atoms with E-state index in [-0.39, 0.29) is 29.3 Å². The van der Waals surface area contributed by atoms with Crippen LogP contribution in [0.2, 0.25) is 0 Å². The van der Waals surface area contributed by atoms with Gasteiger partial charge in [0.05, 0.1) is 0 Å². The average Bonchev–Trinajstić information content (AvgIpc) is 1.98. The maximum Gasteiger partial charge on any atom is 0.137 e. The van der Waals surface area contributed by atoms with Crippen LogP contribution in [0.1, 0.15) is 19.3 Å². The smallest absolute Gasteiger partial charge is 0.137 e. The Labute approximate surface area is 71.6 Å². The van der Waals surface area contributed by atoms with Crippen molar-refractivity contribution in [2.24, 2.45) is 17.8 Å². The fourth-order valence-electron chi connectivity index (χ4n) is 2.33. The van der Waals surface area contributed by atoms with Crippen molar-refractivity contribution in [3.8, 4) is 0 Å². The second-order valence-electron chi connectivity index (χ2n) is 3.70. The molecule has 12 heavy (non-hydrogen) atoms. The maximum absolute atomic E-state index is 11.4. The molecule has 0 aromatic heterocycles. The number of fused-ring (bicyclic) bond motifs is 1. The molecule has 0 aromatic rings. The van der Waals surface area contributed by atoms with Crippen molar-refractivity contribution >= 4 is 11.6 Å². The van der Waals surface area contributed by atoms with Gasteiger partial charge in [0.2, 0.25) is 0 Å². The molecule has 0 bridgehead atoms. The van der Waals surface area contributed by atoms with Crippen molar-refractivity contribution in [3.05, 3.63) is 12.7 Å². The molecular formula is C10H12O2. The van der Waals surface area contributed by atoms with Crippen LogP contribution in [-0.4, -0.2) is 11.6 Å². The Morgan fingerprint density at radius 2 is 1.92 bits per heavy atom. The fourth-order valence-corrected chi connectivity index (χ4v) is 2.33. The van der Waals surface area contributed by atoms with E-state index >= 15 is 0 Å². The van der Waals surface area contributed by atoms with Crippen molar-refractivity contribution in [1.82, 2.24) is 0 Å². The molecule has 0 amide bonds. The number of rotatable bonds is 1. The minimum Gasteiger partial charge on any atom is -0.299 e. The van der Waals surface area contributed by atoms with Gasteiger partial charge >= 0.3 is 0 Å². The quantitative estimate of drug-likeness (QED) is 0.548. The van der Waals surface area contributed by atoms with Crippen molar-refractivity contribution < 1.29 is 9.59 Å². The van der Waals surface area contributed by atoms with Crippen LogP contribution in [0.5, 0.6) is 0 Å². The summed E-state index contributed by atoms with van der Waals surface area (Å²) in [4.78, 5) is 22.6. The van der Waals surface area contributed by atoms with E-state index in [9.17, 15) is 9.59 Å². The summed E-state index contributed by atoms with van der Waals surface area (Å²) in [5, 5.41) is 0. The topological polar surface area (TPSA) is 34.1 Å². The Balaban J connectivity index is 2.17. The Morgan fingerprint density at radius 1 is 1.25 bits per heavy atom. The van der Waals surface area contributed by atoms with Gasteiger partial charge in [0.25, 0.3) is 0 Å². The van der Waals surface area contributed by atoms with Crippen LogP contribution in [0.25, 0.3) is 0 Å². The van der Waals surface area contributed by atoms with Gasteiger partial charge in [-0.1, -0.05) is 6.08 Å². The second kappa shape index (κ2) is 2.54. The lowest BCUT2D eigenvalue weighted by molar-refractivity contribution is -0.146. The molecule has 0 radical (unpaired) electrons. The first kappa shape index (κ1) is 7.71. The van der Waals surface area contributed by atoms with E-state index in [2.05, 4.69) is 6.58 Å². The number of allylic oxidation sites excluding steroid dienone is 1. The molecule has 0 N–H and O–H groups in total. The lowest BCUT2D eigenvalue weighted by atomic mass is 9.58. The van der Waals surface area contributed by atoms with E-state index in [1.54, 1.807) is 0 Å². The summed E-state index contributed by atoms with van der Waals surface area (Å²) >= 11 is 0. The molecule has 2 aliphatic rings. The van der Waals surface area contributed by atoms with Crippen LogP contribution in [0.15, 0.2) is 12.7 Å². The molecule has 2 aliphatic carbocycles. The van der Waals surface area contributed by atoms with Gasteiger partial charge in [-0.25, -0.2) is 0 Å². The number of ketones is 2. The zero-order chi connectivity index (χ0) is 8.72. The lowest BCUT2D eigenvalue weighted by Gasteiger charge is -2.43. The van der Waals surface area contributed by atoms with E-state index in [0.29, 0.717) is 12.8 Å². The summed E-state index contributed by atoms with van der Waals surface area (Å²) in [5.74, 6) is 0.901. The summed E-state index contributed by atoms with van der Waals surface area (Å²) in [6.45, 7) is 3.67. The zero-order valence-electron chi connectivity index (χ0n) is 6.95. The SMILES string of the molecule is C=CC1CC2C(=O)CCC(=O)C12. The highest BCUT2D eigenvalue weighted by Gasteiger charge is 2.49. The summed E-state index contributed by atoms with van der Waals surface area (Å²) in [5.41, 5.74) is 0. The Morgan fingerprint density at radius 3 is 2.58 bits per heavy atom. The monoisotopic (exact) mass is 164 g/mol. The zero-order valence-corrected chi connectivity index (χ0v) is 6.95. The minimum absolute atomic E-state index is 0.00347. The van der Waals surface area contributed by atoms with Crippen molar-refractivity contribution in [3.63, 3.8) is 0 Å². The summed E-state index contributed by atoms with van der Waals surface area (Å²) < 4.78 is 0. The van der Waals surface area contributed by atoms with Crippen LogP contribution in [0.3, 0.4) is 0 Å². The largest absolute Gasteiger partial charge is 0.299 e. The van der Waals surface area contributed by atoms with Gasteiger partial charge in [-0.15, -0.1) is 6.58 Å². The molecule has 3 atom stereocenters. The highest BCUT2D eigenvalue weighted by molar-refractivity contribution is 5.98. The third-order valence-corrected chi connectivity index (χ3v) is 3.13. The van der Waals surface area contributed by atoms with E-state index < -0.39 is 0 Å². The Bertz CT molecular complexity index is 255. The molecule has 2 fully saturated rings. The molecule has 0 aliphatic heterocycles. The van der Waals surface area contributed by atoms with Crippen LogP contribution >= 0.6 is 0 Å². The first-order valence-corrected chi connectivity index (χ1v) is 4.42. The van der Waals surface area contributed by atoms with Gasteiger partial charge in [-0.3, -0.25) is 9.59 Å². The molecule has 3 unspecified atom stereocenters. The van der Waals surface area contributed by atoms with E-state index in [0.717, 1.165) is 6.42 Å². The Hall–Kier alpha value is -0.920. The number of carbonyl (C=O) groups is 2. The summed E-state index contributed by atoms with van der Waals surface area (Å²) in [6.07, 6.45) is 3.62. The standard InChI is InChI=1S/C10H12O2/c1-2-6-5-7-8(11)3-4-9(12)10(6)7/h2,6-7,10H,1,3-5H2. The van der Waals surface area contributed by atoms with Crippen molar-refractivity contribution in [2.45, 2.75) is 19.3 Å². The van der Waals surface area contributed by atoms with Gasteiger partial charge in [-0.2, -0.15) is 0 Å². The molecule has 0 aromatic carbocycles. The highest BCUT2D eigenvalue weighted by atomic mass is 16.1. The van der Waals surface area contributed by atoms with Gasteiger partial charge < -0.3 is 0 Å². The molecule has 0 heterocycles. The molecule has 2 rings (SSSR count). The van der Waals surface area contributed by atoms with Crippen LogP contribution in [0, 0.1) is 17.8 Å². The lowest BCUT2D eigenvalue weighted by Crippen LogP contribution is -2.48. The van der Waals surface area contributed by atoms with Crippen LogP contribution < -0.4 is 0 Å². The molecule has 2 nitrogen and oxygen atoms in total. The van der Waals surface area contributed by atoms with Gasteiger partial charge in [0.1, 0.15) is 11.6 Å². The third-order valence-electron chi connectivity index (χ3n) is 3.13. The average molecular weight is 164 g/mol. The van der Waals surface area contributed by atoms with Gasteiger partial charge in [0, 0.05) is 24.7 Å². The highest BCUT2D eigenvalue weighted by Crippen LogP contribution is 2.46. The van der Waals surface area contributed by atoms with Gasteiger partial charge in [0.15, 0.2) is 0 Å². The molecule has 2 heteroatoms. The van der Waals surface area contributed by atoms with E-state index in [1.807, 2.05) is 6.08 Å². The normalized spacial score (nSPS) is 40.2. The molecule has 0 spiro atoms. The van der Waals surface area contributed by atoms with Crippen LogP contribution in [-0.2, 0) is 9.59 Å². The first-order valence-electron chi connectivity index (χ1n) is 4.42. The summed E-state index contributed by atoms with van der Waals surface area (Å²) in [6, 6.07) is 0. The van der Waals surface area contributed by atoms with E-state index in [1.165, 1.54) is 0 Å². The van der Waals surface area contributed by atoms with Crippen molar-refractivity contribution in [1.29, 1.82) is 0 Å². The van der Waals surface area contributed by atoms with Crippen LogP contribution in [0.4, 0.5) is 0 Å². The maximum atomic E-state index is 11.4. The molecular weight excluding hydrogens is 152 g/mol. The summed E-state index contributed by atoms with van der Waals surface area (Å²) in [7, 11) is 0. The molecule has 64 valence electrons. The predicted octanol–water partition coefficient (Wildman–Crippen LogP) is 1.36. The first-order chi connectivity index (χ1) is 5.74. The number of hydrogen-bond acceptors (Lipinski definition) is 2. The van der Waals surface area contributed by atoms with Gasteiger partial charge in [-0.05, 0) is 12.3 Å². The fraction of sp³-hybridized carbons (Fsp3) is 0.600. The predicted molar refractivity (Wildman–Crippen MR) is 44.5 cm³/mol. The molecule has 0 saturated heterocycles. The number of hydrogen-bond donors (Lipinski definition) is 0. The van der Waals surface area contributed by atoms with E-state index in [4.69, 9.17) is 0 Å². The molecule has 2 saturated carbocycles. The minimum atomic E-state index is 0.00347. The second-order valence-corrected chi connectivity index (χ2v) is 3.70. The number of carbonyl (C=O) groups excluding carboxylic acids is 2.